The molecule has 0 aliphatic carbocycles. The number of furan rings is 1. The third-order valence-corrected chi connectivity index (χ3v) is 5.32. The molecule has 0 radical (unpaired) electrons. The first-order valence-corrected chi connectivity index (χ1v) is 9.82. The molecule has 2 aromatic rings. The number of hydrogen-bond acceptors (Lipinski definition) is 4. The summed E-state index contributed by atoms with van der Waals surface area (Å²) in [6, 6.07) is 9.59. The lowest BCUT2D eigenvalue weighted by atomic mass is 10.0. The van der Waals surface area contributed by atoms with Gasteiger partial charge in [-0.3, -0.25) is 14.5 Å². The SMILES string of the molecule is Cc1ccccc1CN(C(=O)C[C@H]1C(=O)NCCN1Cc1ccoc1)C(C)C. The molecule has 1 aromatic heterocycles. The van der Waals surface area contributed by atoms with Crippen LogP contribution in [0.4, 0.5) is 0 Å². The first-order valence-electron chi connectivity index (χ1n) is 9.82. The zero-order chi connectivity index (χ0) is 20.1. The van der Waals surface area contributed by atoms with Gasteiger partial charge in [0.15, 0.2) is 0 Å². The minimum atomic E-state index is -0.464. The molecular formula is C22H29N3O3. The Hall–Kier alpha value is -2.60. The van der Waals surface area contributed by atoms with Crippen molar-refractivity contribution in [1.29, 1.82) is 0 Å². The summed E-state index contributed by atoms with van der Waals surface area (Å²) in [7, 11) is 0. The molecule has 0 unspecified atom stereocenters. The number of carbonyl (C=O) groups is 2. The van der Waals surface area contributed by atoms with Crippen molar-refractivity contribution in [1.82, 2.24) is 15.1 Å². The van der Waals surface area contributed by atoms with Gasteiger partial charge >= 0.3 is 0 Å². The number of nitrogens with zero attached hydrogens (tertiary/aromatic N) is 2. The molecule has 1 aliphatic rings. The lowest BCUT2D eigenvalue weighted by molar-refractivity contribution is -0.140. The van der Waals surface area contributed by atoms with E-state index in [4.69, 9.17) is 4.42 Å². The van der Waals surface area contributed by atoms with Gasteiger partial charge in [-0.2, -0.15) is 0 Å². The highest BCUT2D eigenvalue weighted by atomic mass is 16.3. The van der Waals surface area contributed by atoms with Gasteiger partial charge in [0.25, 0.3) is 0 Å². The quantitative estimate of drug-likeness (QED) is 0.798. The molecule has 0 saturated carbocycles. The molecule has 3 rings (SSSR count). The summed E-state index contributed by atoms with van der Waals surface area (Å²) in [4.78, 5) is 29.6. The number of hydrogen-bond donors (Lipinski definition) is 1. The van der Waals surface area contributed by atoms with Crippen LogP contribution in [-0.2, 0) is 22.7 Å². The molecule has 1 N–H and O–H groups in total. The first-order chi connectivity index (χ1) is 13.5. The van der Waals surface area contributed by atoms with E-state index in [1.807, 2.05) is 36.9 Å². The zero-order valence-corrected chi connectivity index (χ0v) is 16.9. The Kier molecular flexibility index (Phi) is 6.52. The average Bonchev–Trinajstić information content (AvgIpc) is 3.16. The van der Waals surface area contributed by atoms with Crippen LogP contribution >= 0.6 is 0 Å². The lowest BCUT2D eigenvalue weighted by Gasteiger charge is -2.36. The first kappa shape index (κ1) is 20.1. The van der Waals surface area contributed by atoms with Crippen LogP contribution in [0.15, 0.2) is 47.3 Å². The van der Waals surface area contributed by atoms with E-state index in [9.17, 15) is 9.59 Å². The maximum atomic E-state index is 13.2. The summed E-state index contributed by atoms with van der Waals surface area (Å²) < 4.78 is 5.14. The van der Waals surface area contributed by atoms with Gasteiger partial charge in [-0.15, -0.1) is 0 Å². The van der Waals surface area contributed by atoms with Crippen LogP contribution < -0.4 is 5.32 Å². The van der Waals surface area contributed by atoms with Gasteiger partial charge in [0.1, 0.15) is 0 Å². The number of nitrogens with one attached hydrogen (secondary N) is 1. The van der Waals surface area contributed by atoms with Crippen molar-refractivity contribution in [3.63, 3.8) is 0 Å². The van der Waals surface area contributed by atoms with Crippen molar-refractivity contribution >= 4 is 11.8 Å². The van der Waals surface area contributed by atoms with Crippen molar-refractivity contribution < 1.29 is 14.0 Å². The highest BCUT2D eigenvalue weighted by Crippen LogP contribution is 2.18. The van der Waals surface area contributed by atoms with E-state index in [0.29, 0.717) is 26.2 Å². The predicted octanol–water partition coefficient (Wildman–Crippen LogP) is 2.72. The smallest absolute Gasteiger partial charge is 0.237 e. The molecule has 1 aromatic carbocycles. The third-order valence-electron chi connectivity index (χ3n) is 5.32. The third kappa shape index (κ3) is 4.81. The van der Waals surface area contributed by atoms with Crippen molar-refractivity contribution in [3.8, 4) is 0 Å². The van der Waals surface area contributed by atoms with Gasteiger partial charge in [0.2, 0.25) is 11.8 Å². The summed E-state index contributed by atoms with van der Waals surface area (Å²) in [6.45, 7) is 8.55. The standard InChI is InChI=1S/C22H29N3O3/c1-16(2)25(14-19-7-5-4-6-17(19)3)21(26)12-20-22(27)23-9-10-24(20)13-18-8-11-28-15-18/h4-8,11,15-16,20H,9-10,12-14H2,1-3H3,(H,23,27)/t20-/m0/s1. The average molecular weight is 383 g/mol. The number of rotatable bonds is 7. The normalized spacial score (nSPS) is 17.6. The maximum Gasteiger partial charge on any atom is 0.237 e. The molecule has 2 amide bonds. The number of benzene rings is 1. The van der Waals surface area contributed by atoms with E-state index in [1.165, 1.54) is 0 Å². The van der Waals surface area contributed by atoms with Crippen molar-refractivity contribution in [3.05, 3.63) is 59.5 Å². The number of carbonyl (C=O) groups excluding carboxylic acids is 2. The Balaban J connectivity index is 1.73. The highest BCUT2D eigenvalue weighted by Gasteiger charge is 2.33. The summed E-state index contributed by atoms with van der Waals surface area (Å²) >= 11 is 0. The molecule has 0 bridgehead atoms. The van der Waals surface area contributed by atoms with E-state index < -0.39 is 6.04 Å². The van der Waals surface area contributed by atoms with E-state index >= 15 is 0 Å². The summed E-state index contributed by atoms with van der Waals surface area (Å²) in [5.41, 5.74) is 3.30. The van der Waals surface area contributed by atoms with Gasteiger partial charge in [0, 0.05) is 37.8 Å². The molecule has 28 heavy (non-hydrogen) atoms. The fourth-order valence-electron chi connectivity index (χ4n) is 3.60. The van der Waals surface area contributed by atoms with Crippen molar-refractivity contribution in [2.45, 2.75) is 52.4 Å². The second-order valence-corrected chi connectivity index (χ2v) is 7.65. The zero-order valence-electron chi connectivity index (χ0n) is 16.9. The molecule has 1 fully saturated rings. The topological polar surface area (TPSA) is 65.8 Å². The molecule has 2 heterocycles. The fourth-order valence-corrected chi connectivity index (χ4v) is 3.60. The van der Waals surface area contributed by atoms with Crippen LogP contribution in [0.25, 0.3) is 0 Å². The van der Waals surface area contributed by atoms with Crippen LogP contribution in [0, 0.1) is 6.92 Å². The Morgan fingerprint density at radius 1 is 1.32 bits per heavy atom. The van der Waals surface area contributed by atoms with E-state index in [2.05, 4.69) is 29.3 Å². The molecule has 1 aliphatic heterocycles. The number of aryl methyl sites for hydroxylation is 1. The van der Waals surface area contributed by atoms with Gasteiger partial charge < -0.3 is 14.6 Å². The van der Waals surface area contributed by atoms with E-state index in [-0.39, 0.29) is 24.3 Å². The van der Waals surface area contributed by atoms with Crippen LogP contribution in [0.2, 0.25) is 0 Å². The Bertz CT molecular complexity index is 801. The molecule has 1 saturated heterocycles. The second kappa shape index (κ2) is 9.06. The lowest BCUT2D eigenvalue weighted by Crippen LogP contribution is -2.56. The van der Waals surface area contributed by atoms with Crippen LogP contribution in [0.1, 0.15) is 37.0 Å². The molecular weight excluding hydrogens is 354 g/mol. The predicted molar refractivity (Wildman–Crippen MR) is 107 cm³/mol. The Morgan fingerprint density at radius 3 is 2.79 bits per heavy atom. The molecule has 0 spiro atoms. The number of piperazine rings is 1. The summed E-state index contributed by atoms with van der Waals surface area (Å²) in [5, 5.41) is 2.90. The minimum absolute atomic E-state index is 0.00232. The largest absolute Gasteiger partial charge is 0.472 e. The van der Waals surface area contributed by atoms with Crippen LogP contribution in [0.3, 0.4) is 0 Å². The number of amides is 2. The summed E-state index contributed by atoms with van der Waals surface area (Å²) in [5.74, 6) is -0.0832. The maximum absolute atomic E-state index is 13.2. The second-order valence-electron chi connectivity index (χ2n) is 7.65. The van der Waals surface area contributed by atoms with Gasteiger partial charge in [-0.05, 0) is 38.0 Å². The van der Waals surface area contributed by atoms with Crippen LogP contribution in [-0.4, -0.2) is 46.8 Å². The van der Waals surface area contributed by atoms with Gasteiger partial charge in [-0.1, -0.05) is 24.3 Å². The molecule has 6 nitrogen and oxygen atoms in total. The molecule has 1 atom stereocenters. The minimum Gasteiger partial charge on any atom is -0.472 e. The monoisotopic (exact) mass is 383 g/mol. The van der Waals surface area contributed by atoms with Crippen molar-refractivity contribution in [2.75, 3.05) is 13.1 Å². The van der Waals surface area contributed by atoms with Crippen molar-refractivity contribution in [2.24, 2.45) is 0 Å². The Morgan fingerprint density at radius 2 is 2.11 bits per heavy atom. The summed E-state index contributed by atoms with van der Waals surface area (Å²) in [6.07, 6.45) is 3.49. The van der Waals surface area contributed by atoms with Gasteiger partial charge in [0.05, 0.1) is 25.0 Å². The van der Waals surface area contributed by atoms with Crippen LogP contribution in [0.5, 0.6) is 0 Å². The molecule has 150 valence electrons. The van der Waals surface area contributed by atoms with E-state index in [1.54, 1.807) is 12.5 Å². The Labute approximate surface area is 166 Å². The molecule has 6 heteroatoms. The fraction of sp³-hybridized carbons (Fsp3) is 0.455. The van der Waals surface area contributed by atoms with E-state index in [0.717, 1.165) is 16.7 Å². The van der Waals surface area contributed by atoms with Gasteiger partial charge in [-0.25, -0.2) is 0 Å². The highest BCUT2D eigenvalue weighted by molar-refractivity contribution is 5.89.